The van der Waals surface area contributed by atoms with Gasteiger partial charge in [-0.3, -0.25) is 4.79 Å². The number of methoxy groups -OCH3 is 2. The number of rotatable bonds is 5. The molecule has 0 fully saturated rings. The van der Waals surface area contributed by atoms with Gasteiger partial charge in [-0.05, 0) is 47.7 Å². The van der Waals surface area contributed by atoms with Crippen LogP contribution in [0, 0.1) is 5.82 Å². The SMILES string of the molecule is COCc1nn2cc3c(nc2c1-c1cccc(OC)c1)CC(c1ccc(F)cc1)CC3=O. The molecular formula is C25H22FN3O3. The molecule has 32 heavy (non-hydrogen) atoms. The van der Waals surface area contributed by atoms with Crippen molar-refractivity contribution in [2.45, 2.75) is 25.4 Å². The second-order valence-electron chi connectivity index (χ2n) is 7.94. The predicted octanol–water partition coefficient (Wildman–Crippen LogP) is 4.60. The lowest BCUT2D eigenvalue weighted by molar-refractivity contribution is 0.0962. The molecule has 0 N–H and O–H groups in total. The van der Waals surface area contributed by atoms with Crippen molar-refractivity contribution in [1.29, 1.82) is 0 Å². The monoisotopic (exact) mass is 431 g/mol. The maximum atomic E-state index is 13.4. The Bertz CT molecular complexity index is 1310. The van der Waals surface area contributed by atoms with Gasteiger partial charge in [0, 0.05) is 19.7 Å². The van der Waals surface area contributed by atoms with E-state index in [0.717, 1.165) is 33.8 Å². The Morgan fingerprint density at radius 1 is 1.12 bits per heavy atom. The van der Waals surface area contributed by atoms with E-state index in [0.29, 0.717) is 30.7 Å². The van der Waals surface area contributed by atoms with Gasteiger partial charge in [-0.1, -0.05) is 24.3 Å². The molecule has 2 heterocycles. The zero-order valence-corrected chi connectivity index (χ0v) is 17.8. The summed E-state index contributed by atoms with van der Waals surface area (Å²) < 4.78 is 25.8. The van der Waals surface area contributed by atoms with Crippen molar-refractivity contribution in [3.05, 3.63) is 83.1 Å². The number of Topliss-reactive ketones (excluding diaryl/α,β-unsaturated/α-hetero) is 1. The smallest absolute Gasteiger partial charge is 0.166 e. The van der Waals surface area contributed by atoms with E-state index < -0.39 is 0 Å². The van der Waals surface area contributed by atoms with Crippen molar-refractivity contribution >= 4 is 11.4 Å². The molecule has 4 aromatic rings. The molecule has 0 amide bonds. The number of ketones is 1. The molecule has 6 nitrogen and oxygen atoms in total. The van der Waals surface area contributed by atoms with Crippen LogP contribution in [0.25, 0.3) is 16.8 Å². The van der Waals surface area contributed by atoms with E-state index in [1.165, 1.54) is 12.1 Å². The van der Waals surface area contributed by atoms with Gasteiger partial charge in [0.1, 0.15) is 11.6 Å². The Balaban J connectivity index is 1.64. The van der Waals surface area contributed by atoms with Gasteiger partial charge in [0.25, 0.3) is 0 Å². The molecule has 1 aliphatic carbocycles. The van der Waals surface area contributed by atoms with Crippen LogP contribution in [-0.4, -0.2) is 34.6 Å². The van der Waals surface area contributed by atoms with E-state index in [9.17, 15) is 9.18 Å². The number of halogens is 1. The zero-order valence-electron chi connectivity index (χ0n) is 17.8. The maximum absolute atomic E-state index is 13.4. The zero-order chi connectivity index (χ0) is 22.2. The van der Waals surface area contributed by atoms with Crippen molar-refractivity contribution in [2.24, 2.45) is 0 Å². The molecule has 2 aromatic heterocycles. The molecule has 0 bridgehead atoms. The average Bonchev–Trinajstić information content (AvgIpc) is 3.15. The first-order valence-corrected chi connectivity index (χ1v) is 10.4. The second-order valence-corrected chi connectivity index (χ2v) is 7.94. The van der Waals surface area contributed by atoms with Crippen LogP contribution < -0.4 is 4.74 Å². The Morgan fingerprint density at radius 2 is 1.94 bits per heavy atom. The lowest BCUT2D eigenvalue weighted by atomic mass is 9.82. The van der Waals surface area contributed by atoms with Gasteiger partial charge in [0.2, 0.25) is 0 Å². The van der Waals surface area contributed by atoms with E-state index in [1.54, 1.807) is 37.1 Å². The Morgan fingerprint density at radius 3 is 2.69 bits per heavy atom. The van der Waals surface area contributed by atoms with E-state index in [1.807, 2.05) is 24.3 Å². The fraction of sp³-hybridized carbons (Fsp3) is 0.240. The first-order chi connectivity index (χ1) is 15.6. The normalized spacial score (nSPS) is 15.7. The number of aromatic nitrogens is 3. The van der Waals surface area contributed by atoms with Crippen LogP contribution in [0.1, 0.15) is 39.6 Å². The van der Waals surface area contributed by atoms with Crippen LogP contribution in [0.3, 0.4) is 0 Å². The van der Waals surface area contributed by atoms with Crippen LogP contribution in [0.5, 0.6) is 5.75 Å². The van der Waals surface area contributed by atoms with Crippen LogP contribution in [0.2, 0.25) is 0 Å². The van der Waals surface area contributed by atoms with Crippen LogP contribution in [0.15, 0.2) is 54.7 Å². The summed E-state index contributed by atoms with van der Waals surface area (Å²) in [7, 11) is 3.25. The largest absolute Gasteiger partial charge is 0.497 e. The topological polar surface area (TPSA) is 65.7 Å². The van der Waals surface area contributed by atoms with E-state index in [-0.39, 0.29) is 17.5 Å². The maximum Gasteiger partial charge on any atom is 0.166 e. The predicted molar refractivity (Wildman–Crippen MR) is 117 cm³/mol. The van der Waals surface area contributed by atoms with Gasteiger partial charge in [-0.25, -0.2) is 13.9 Å². The number of ether oxygens (including phenoxy) is 2. The quantitative estimate of drug-likeness (QED) is 0.462. The Labute approximate surface area is 184 Å². The van der Waals surface area contributed by atoms with Crippen molar-refractivity contribution in [2.75, 3.05) is 14.2 Å². The third-order valence-corrected chi connectivity index (χ3v) is 5.91. The number of hydrogen-bond donors (Lipinski definition) is 0. The van der Waals surface area contributed by atoms with E-state index >= 15 is 0 Å². The molecule has 0 radical (unpaired) electrons. The summed E-state index contributed by atoms with van der Waals surface area (Å²) in [5.74, 6) is 0.424. The molecule has 0 saturated carbocycles. The van der Waals surface area contributed by atoms with Crippen LogP contribution >= 0.6 is 0 Å². The molecule has 162 valence electrons. The van der Waals surface area contributed by atoms with Crippen LogP contribution in [-0.2, 0) is 17.8 Å². The summed E-state index contributed by atoms with van der Waals surface area (Å²) in [6.45, 7) is 0.312. The standard InChI is InChI=1S/C25H22FN3O3/c1-31-14-22-24(16-4-3-5-19(10-16)32-2)25-27-21-11-17(15-6-8-18(26)9-7-15)12-23(30)20(21)13-29(25)28-22/h3-10,13,17H,11-12,14H2,1-2H3. The summed E-state index contributed by atoms with van der Waals surface area (Å²) in [5, 5.41) is 4.66. The van der Waals surface area contributed by atoms with Crippen molar-refractivity contribution in [1.82, 2.24) is 14.6 Å². The summed E-state index contributed by atoms with van der Waals surface area (Å²) in [6.07, 6.45) is 2.73. The van der Waals surface area contributed by atoms with Crippen molar-refractivity contribution < 1.29 is 18.7 Å². The fourth-order valence-corrected chi connectivity index (χ4v) is 4.36. The number of fused-ring (bicyclic) bond motifs is 2. The molecule has 0 aliphatic heterocycles. The first kappa shape index (κ1) is 20.3. The lowest BCUT2D eigenvalue weighted by Gasteiger charge is -2.23. The first-order valence-electron chi connectivity index (χ1n) is 10.4. The fourth-order valence-electron chi connectivity index (χ4n) is 4.36. The molecule has 0 saturated heterocycles. The molecular weight excluding hydrogens is 409 g/mol. The molecule has 5 rings (SSSR count). The molecule has 7 heteroatoms. The van der Waals surface area contributed by atoms with Gasteiger partial charge in [0.05, 0.1) is 36.2 Å². The number of nitrogens with zero attached hydrogens (tertiary/aromatic N) is 3. The Hall–Kier alpha value is -3.58. The Kier molecular flexibility index (Phi) is 5.19. The van der Waals surface area contributed by atoms with E-state index in [4.69, 9.17) is 14.5 Å². The minimum atomic E-state index is -0.288. The van der Waals surface area contributed by atoms with Gasteiger partial charge < -0.3 is 9.47 Å². The average molecular weight is 431 g/mol. The summed E-state index contributed by atoms with van der Waals surface area (Å²) in [5.41, 5.74) is 5.42. The van der Waals surface area contributed by atoms with Gasteiger partial charge >= 0.3 is 0 Å². The number of hydrogen-bond acceptors (Lipinski definition) is 5. The molecule has 1 atom stereocenters. The van der Waals surface area contributed by atoms with Crippen molar-refractivity contribution in [3.8, 4) is 16.9 Å². The summed E-state index contributed by atoms with van der Waals surface area (Å²) in [6, 6.07) is 14.1. The molecule has 2 aromatic carbocycles. The third kappa shape index (κ3) is 3.54. The number of benzene rings is 2. The molecule has 0 spiro atoms. The summed E-state index contributed by atoms with van der Waals surface area (Å²) in [4.78, 5) is 17.9. The highest BCUT2D eigenvalue weighted by molar-refractivity contribution is 5.99. The van der Waals surface area contributed by atoms with Crippen LogP contribution in [0.4, 0.5) is 4.39 Å². The highest BCUT2D eigenvalue weighted by Gasteiger charge is 2.29. The highest BCUT2D eigenvalue weighted by Crippen LogP contribution is 2.35. The van der Waals surface area contributed by atoms with Gasteiger partial charge in [0.15, 0.2) is 11.4 Å². The molecule has 1 unspecified atom stereocenters. The second kappa shape index (κ2) is 8.16. The third-order valence-electron chi connectivity index (χ3n) is 5.91. The van der Waals surface area contributed by atoms with Crippen molar-refractivity contribution in [3.63, 3.8) is 0 Å². The lowest BCUT2D eigenvalue weighted by Crippen LogP contribution is -2.21. The number of carbonyl (C=O) groups is 1. The number of carbonyl (C=O) groups excluding carboxylic acids is 1. The summed E-state index contributed by atoms with van der Waals surface area (Å²) >= 11 is 0. The minimum absolute atomic E-state index is 0.0155. The van der Waals surface area contributed by atoms with Gasteiger partial charge in [-0.2, -0.15) is 5.10 Å². The molecule has 1 aliphatic rings. The highest BCUT2D eigenvalue weighted by atomic mass is 19.1. The van der Waals surface area contributed by atoms with E-state index in [2.05, 4.69) is 5.10 Å². The van der Waals surface area contributed by atoms with Gasteiger partial charge in [-0.15, -0.1) is 0 Å². The minimum Gasteiger partial charge on any atom is -0.497 e.